The SMILES string of the molecule is CC(C)OCCC(C)(N)CO. The molecule has 3 heteroatoms. The summed E-state index contributed by atoms with van der Waals surface area (Å²) in [6, 6.07) is 0. The van der Waals surface area contributed by atoms with E-state index in [1.807, 2.05) is 20.8 Å². The molecule has 11 heavy (non-hydrogen) atoms. The smallest absolute Gasteiger partial charge is 0.0609 e. The highest BCUT2D eigenvalue weighted by molar-refractivity contribution is 4.76. The number of hydrogen-bond acceptors (Lipinski definition) is 3. The molecular weight excluding hydrogens is 142 g/mol. The minimum Gasteiger partial charge on any atom is -0.394 e. The molecule has 0 heterocycles. The number of aliphatic hydroxyl groups excluding tert-OH is 1. The molecule has 0 spiro atoms. The molecule has 0 aromatic heterocycles. The van der Waals surface area contributed by atoms with Crippen molar-refractivity contribution in [1.29, 1.82) is 0 Å². The van der Waals surface area contributed by atoms with Crippen LogP contribution in [0.25, 0.3) is 0 Å². The van der Waals surface area contributed by atoms with Gasteiger partial charge in [0, 0.05) is 12.1 Å². The predicted octanol–water partition coefficient (Wildman–Crippen LogP) is 0.511. The summed E-state index contributed by atoms with van der Waals surface area (Å²) in [6.45, 7) is 6.40. The largest absolute Gasteiger partial charge is 0.394 e. The Hall–Kier alpha value is -0.120. The highest BCUT2D eigenvalue weighted by Crippen LogP contribution is 2.04. The van der Waals surface area contributed by atoms with Gasteiger partial charge >= 0.3 is 0 Å². The van der Waals surface area contributed by atoms with Crippen molar-refractivity contribution in [3.8, 4) is 0 Å². The Morgan fingerprint density at radius 3 is 2.45 bits per heavy atom. The second-order valence-corrected chi connectivity index (χ2v) is 3.48. The third-order valence-electron chi connectivity index (χ3n) is 1.49. The monoisotopic (exact) mass is 161 g/mol. The average Bonchev–Trinajstić information content (AvgIpc) is 1.87. The second-order valence-electron chi connectivity index (χ2n) is 3.48. The molecule has 0 aliphatic carbocycles. The standard InChI is InChI=1S/C8H19NO2/c1-7(2)11-5-4-8(3,9)6-10/h7,10H,4-6,9H2,1-3H3. The van der Waals surface area contributed by atoms with E-state index in [2.05, 4.69) is 0 Å². The third-order valence-corrected chi connectivity index (χ3v) is 1.49. The Morgan fingerprint density at radius 2 is 2.09 bits per heavy atom. The molecule has 68 valence electrons. The van der Waals surface area contributed by atoms with Crippen molar-refractivity contribution in [2.45, 2.75) is 38.8 Å². The molecule has 0 aliphatic rings. The third kappa shape index (κ3) is 6.28. The van der Waals surface area contributed by atoms with E-state index in [0.717, 1.165) is 0 Å². The Bertz CT molecular complexity index is 102. The lowest BCUT2D eigenvalue weighted by Crippen LogP contribution is -2.41. The molecule has 0 bridgehead atoms. The molecule has 0 amide bonds. The Balaban J connectivity index is 3.38. The first-order valence-corrected chi connectivity index (χ1v) is 3.99. The summed E-state index contributed by atoms with van der Waals surface area (Å²) >= 11 is 0. The molecule has 1 unspecified atom stereocenters. The molecule has 0 aliphatic heterocycles. The summed E-state index contributed by atoms with van der Waals surface area (Å²) in [5.41, 5.74) is 5.18. The summed E-state index contributed by atoms with van der Waals surface area (Å²) in [6.07, 6.45) is 0.936. The molecule has 3 N–H and O–H groups in total. The molecule has 3 nitrogen and oxygen atoms in total. The van der Waals surface area contributed by atoms with Crippen LogP contribution in [-0.2, 0) is 4.74 Å². The number of ether oxygens (including phenoxy) is 1. The zero-order valence-electron chi connectivity index (χ0n) is 7.63. The van der Waals surface area contributed by atoms with Crippen LogP contribution < -0.4 is 5.73 Å². The van der Waals surface area contributed by atoms with Gasteiger partial charge in [-0.15, -0.1) is 0 Å². The molecule has 0 aromatic carbocycles. The highest BCUT2D eigenvalue weighted by atomic mass is 16.5. The van der Waals surface area contributed by atoms with Gasteiger partial charge in [-0.1, -0.05) is 0 Å². The van der Waals surface area contributed by atoms with Gasteiger partial charge in [-0.3, -0.25) is 0 Å². The van der Waals surface area contributed by atoms with E-state index in [1.54, 1.807) is 0 Å². The fourth-order valence-electron chi connectivity index (χ4n) is 0.607. The lowest BCUT2D eigenvalue weighted by Gasteiger charge is -2.21. The van der Waals surface area contributed by atoms with E-state index in [1.165, 1.54) is 0 Å². The van der Waals surface area contributed by atoms with Gasteiger partial charge < -0.3 is 15.6 Å². The molecular formula is C8H19NO2. The maximum atomic E-state index is 8.78. The molecule has 0 saturated carbocycles. The molecule has 0 radical (unpaired) electrons. The van der Waals surface area contributed by atoms with Gasteiger partial charge in [-0.2, -0.15) is 0 Å². The molecule has 0 saturated heterocycles. The fraction of sp³-hybridized carbons (Fsp3) is 1.00. The van der Waals surface area contributed by atoms with Crippen LogP contribution in [0.3, 0.4) is 0 Å². The quantitative estimate of drug-likeness (QED) is 0.617. The minimum atomic E-state index is -0.491. The van der Waals surface area contributed by atoms with E-state index < -0.39 is 5.54 Å². The number of rotatable bonds is 5. The maximum Gasteiger partial charge on any atom is 0.0609 e. The van der Waals surface area contributed by atoms with Crippen LogP contribution in [0.5, 0.6) is 0 Å². The molecule has 0 fully saturated rings. The number of nitrogens with two attached hydrogens (primary N) is 1. The Kier molecular flexibility index (Phi) is 4.65. The number of hydrogen-bond donors (Lipinski definition) is 2. The molecule has 0 rings (SSSR count). The summed E-state index contributed by atoms with van der Waals surface area (Å²) in [5.74, 6) is 0. The molecule has 1 atom stereocenters. The van der Waals surface area contributed by atoms with Crippen molar-refractivity contribution < 1.29 is 9.84 Å². The Labute approximate surface area is 68.5 Å². The van der Waals surface area contributed by atoms with E-state index in [0.29, 0.717) is 13.0 Å². The van der Waals surface area contributed by atoms with Gasteiger partial charge in [0.05, 0.1) is 12.7 Å². The topological polar surface area (TPSA) is 55.5 Å². The van der Waals surface area contributed by atoms with Crippen LogP contribution in [0.15, 0.2) is 0 Å². The molecule has 0 aromatic rings. The van der Waals surface area contributed by atoms with E-state index in [4.69, 9.17) is 15.6 Å². The van der Waals surface area contributed by atoms with Crippen LogP contribution >= 0.6 is 0 Å². The van der Waals surface area contributed by atoms with Gasteiger partial charge in [0.2, 0.25) is 0 Å². The van der Waals surface area contributed by atoms with E-state index in [-0.39, 0.29) is 12.7 Å². The second kappa shape index (κ2) is 4.70. The van der Waals surface area contributed by atoms with Gasteiger partial charge in [0.25, 0.3) is 0 Å². The summed E-state index contributed by atoms with van der Waals surface area (Å²) in [5, 5.41) is 8.78. The van der Waals surface area contributed by atoms with Crippen molar-refractivity contribution >= 4 is 0 Å². The van der Waals surface area contributed by atoms with Gasteiger partial charge in [-0.05, 0) is 27.2 Å². The van der Waals surface area contributed by atoms with Crippen LogP contribution in [0, 0.1) is 0 Å². The van der Waals surface area contributed by atoms with Gasteiger partial charge in [0.1, 0.15) is 0 Å². The van der Waals surface area contributed by atoms with E-state index in [9.17, 15) is 0 Å². The van der Waals surface area contributed by atoms with Crippen LogP contribution in [-0.4, -0.2) is 30.0 Å². The van der Waals surface area contributed by atoms with Gasteiger partial charge in [-0.25, -0.2) is 0 Å². The van der Waals surface area contributed by atoms with Crippen molar-refractivity contribution in [3.63, 3.8) is 0 Å². The fourth-order valence-corrected chi connectivity index (χ4v) is 0.607. The van der Waals surface area contributed by atoms with Crippen molar-refractivity contribution in [1.82, 2.24) is 0 Å². The zero-order valence-corrected chi connectivity index (χ0v) is 7.63. The summed E-state index contributed by atoms with van der Waals surface area (Å²) in [7, 11) is 0. The predicted molar refractivity (Wildman–Crippen MR) is 45.4 cm³/mol. The first-order chi connectivity index (χ1) is 4.98. The van der Waals surface area contributed by atoms with Crippen LogP contribution in [0.4, 0.5) is 0 Å². The number of aliphatic hydroxyl groups is 1. The zero-order chi connectivity index (χ0) is 8.91. The normalized spacial score (nSPS) is 16.9. The van der Waals surface area contributed by atoms with Crippen molar-refractivity contribution in [2.75, 3.05) is 13.2 Å². The van der Waals surface area contributed by atoms with Crippen molar-refractivity contribution in [2.24, 2.45) is 5.73 Å². The maximum absolute atomic E-state index is 8.78. The van der Waals surface area contributed by atoms with Gasteiger partial charge in [0.15, 0.2) is 0 Å². The average molecular weight is 161 g/mol. The lowest BCUT2D eigenvalue weighted by atomic mass is 10.0. The van der Waals surface area contributed by atoms with Crippen LogP contribution in [0.2, 0.25) is 0 Å². The van der Waals surface area contributed by atoms with E-state index >= 15 is 0 Å². The van der Waals surface area contributed by atoms with Crippen LogP contribution in [0.1, 0.15) is 27.2 Å². The highest BCUT2D eigenvalue weighted by Gasteiger charge is 2.16. The van der Waals surface area contributed by atoms with Crippen molar-refractivity contribution in [3.05, 3.63) is 0 Å². The first-order valence-electron chi connectivity index (χ1n) is 3.99. The summed E-state index contributed by atoms with van der Waals surface area (Å²) in [4.78, 5) is 0. The lowest BCUT2D eigenvalue weighted by molar-refractivity contribution is 0.0578. The minimum absolute atomic E-state index is 0.00839. The summed E-state index contributed by atoms with van der Waals surface area (Å²) < 4.78 is 5.29. The Morgan fingerprint density at radius 1 is 1.55 bits per heavy atom. The first kappa shape index (κ1) is 10.9.